The fourth-order valence-electron chi connectivity index (χ4n) is 0.803. The number of para-hydroxylation sites is 1. The average Bonchev–Trinajstić information content (AvgIpc) is 2.55. The van der Waals surface area contributed by atoms with Gasteiger partial charge in [0, 0.05) is 0 Å². The molecule has 1 aromatic heterocycles. The standard InChI is InChI=1S/C7H5NS.H3NS/c1-2-4-7-6(3-1)8-5-9-7;1-2/h1-5H;2H,1H2. The second-order valence-corrected chi connectivity index (χ2v) is 2.71. The molecule has 0 aliphatic rings. The largest absolute Gasteiger partial charge is 0.281 e. The van der Waals surface area contributed by atoms with E-state index in [1.165, 1.54) is 4.70 Å². The third-order valence-electron chi connectivity index (χ3n) is 1.24. The van der Waals surface area contributed by atoms with E-state index in [2.05, 4.69) is 29.0 Å². The van der Waals surface area contributed by atoms with Crippen LogP contribution in [0.3, 0.4) is 0 Å². The maximum absolute atomic E-state index is 4.19. The molecule has 0 aliphatic heterocycles. The van der Waals surface area contributed by atoms with Gasteiger partial charge < -0.3 is 0 Å². The highest BCUT2D eigenvalue weighted by molar-refractivity contribution is 7.77. The quantitative estimate of drug-likeness (QED) is 0.615. The number of fused-ring (bicyclic) bond motifs is 1. The van der Waals surface area contributed by atoms with Crippen LogP contribution in [-0.2, 0) is 0 Å². The van der Waals surface area contributed by atoms with Crippen LogP contribution in [-0.4, -0.2) is 4.98 Å². The van der Waals surface area contributed by atoms with Crippen LogP contribution in [0, 0.1) is 0 Å². The molecule has 2 rings (SSSR count). The van der Waals surface area contributed by atoms with E-state index < -0.39 is 0 Å². The zero-order chi connectivity index (χ0) is 8.10. The van der Waals surface area contributed by atoms with Crippen molar-refractivity contribution >= 4 is 34.4 Å². The van der Waals surface area contributed by atoms with Crippen molar-refractivity contribution in [1.82, 2.24) is 4.98 Å². The molecule has 1 aromatic carbocycles. The van der Waals surface area contributed by atoms with Crippen LogP contribution in [0.2, 0.25) is 0 Å². The Morgan fingerprint density at radius 1 is 1.27 bits per heavy atom. The molecular formula is C7H8N2S2. The van der Waals surface area contributed by atoms with Gasteiger partial charge in [-0.25, -0.2) is 4.98 Å². The second kappa shape index (κ2) is 4.33. The Hall–Kier alpha value is -0.580. The molecule has 0 amide bonds. The molecule has 1 heterocycles. The van der Waals surface area contributed by atoms with E-state index in [9.17, 15) is 0 Å². The van der Waals surface area contributed by atoms with Gasteiger partial charge in [0.05, 0.1) is 15.7 Å². The lowest BCUT2D eigenvalue weighted by Gasteiger charge is -1.80. The number of nitrogens with two attached hydrogens (primary N) is 1. The molecule has 11 heavy (non-hydrogen) atoms. The van der Waals surface area contributed by atoms with Crippen LogP contribution < -0.4 is 5.14 Å². The molecule has 0 unspecified atom stereocenters. The molecule has 0 bridgehead atoms. The van der Waals surface area contributed by atoms with Crippen molar-refractivity contribution in [3.63, 3.8) is 0 Å². The van der Waals surface area contributed by atoms with Crippen LogP contribution in [0.4, 0.5) is 0 Å². The van der Waals surface area contributed by atoms with Gasteiger partial charge in [0.1, 0.15) is 0 Å². The van der Waals surface area contributed by atoms with E-state index >= 15 is 0 Å². The molecule has 0 atom stereocenters. The Bertz CT molecular complexity index is 288. The van der Waals surface area contributed by atoms with Crippen molar-refractivity contribution in [2.24, 2.45) is 5.14 Å². The van der Waals surface area contributed by atoms with Crippen LogP contribution >= 0.6 is 24.2 Å². The molecule has 2 N–H and O–H groups in total. The Labute approximate surface area is 74.6 Å². The molecule has 0 saturated heterocycles. The number of aromatic nitrogens is 1. The van der Waals surface area contributed by atoms with Crippen molar-refractivity contribution in [2.75, 3.05) is 0 Å². The van der Waals surface area contributed by atoms with Gasteiger partial charge in [-0.2, -0.15) is 0 Å². The molecular weight excluding hydrogens is 176 g/mol. The highest BCUT2D eigenvalue weighted by atomic mass is 32.1. The summed E-state index contributed by atoms with van der Waals surface area (Å²) in [7, 11) is 0. The highest BCUT2D eigenvalue weighted by Gasteiger charge is 1.89. The van der Waals surface area contributed by atoms with Gasteiger partial charge in [0.2, 0.25) is 0 Å². The monoisotopic (exact) mass is 184 g/mol. The summed E-state index contributed by atoms with van der Waals surface area (Å²) in [5, 5.41) is 4.19. The smallest absolute Gasteiger partial charge is 0.0812 e. The number of hydrogen-bond donors (Lipinski definition) is 2. The van der Waals surface area contributed by atoms with E-state index in [1.54, 1.807) is 11.3 Å². The molecule has 0 aliphatic carbocycles. The molecule has 2 nitrogen and oxygen atoms in total. The number of nitrogens with zero attached hydrogens (tertiary/aromatic N) is 1. The van der Waals surface area contributed by atoms with Crippen molar-refractivity contribution in [3.05, 3.63) is 29.8 Å². The maximum atomic E-state index is 4.19. The van der Waals surface area contributed by atoms with Gasteiger partial charge in [-0.1, -0.05) is 12.1 Å². The number of thiazole rings is 1. The minimum absolute atomic E-state index is 1.10. The Morgan fingerprint density at radius 2 is 2.00 bits per heavy atom. The molecule has 0 spiro atoms. The number of rotatable bonds is 0. The third-order valence-corrected chi connectivity index (χ3v) is 2.05. The topological polar surface area (TPSA) is 38.9 Å². The maximum Gasteiger partial charge on any atom is 0.0812 e. The molecule has 58 valence electrons. The van der Waals surface area contributed by atoms with Gasteiger partial charge in [-0.3, -0.25) is 5.14 Å². The van der Waals surface area contributed by atoms with Crippen LogP contribution in [0.15, 0.2) is 29.8 Å². The highest BCUT2D eigenvalue weighted by Crippen LogP contribution is 2.15. The fourth-order valence-corrected chi connectivity index (χ4v) is 1.48. The van der Waals surface area contributed by atoms with Crippen LogP contribution in [0.5, 0.6) is 0 Å². The van der Waals surface area contributed by atoms with E-state index in [0.29, 0.717) is 0 Å². The predicted octanol–water partition coefficient (Wildman–Crippen LogP) is 2.09. The first-order chi connectivity index (χ1) is 5.47. The third kappa shape index (κ3) is 1.92. The first-order valence-corrected chi connectivity index (χ1v) is 4.40. The van der Waals surface area contributed by atoms with Gasteiger partial charge in [-0.15, -0.1) is 24.2 Å². The van der Waals surface area contributed by atoms with Crippen LogP contribution in [0.1, 0.15) is 0 Å². The molecule has 0 fully saturated rings. The minimum atomic E-state index is 1.10. The lowest BCUT2D eigenvalue weighted by molar-refractivity contribution is 1.50. The zero-order valence-electron chi connectivity index (χ0n) is 5.77. The Morgan fingerprint density at radius 3 is 2.73 bits per heavy atom. The summed E-state index contributed by atoms with van der Waals surface area (Å²) in [6.45, 7) is 0. The molecule has 0 saturated carbocycles. The lowest BCUT2D eigenvalue weighted by Crippen LogP contribution is -1.61. The summed E-state index contributed by atoms with van der Waals surface area (Å²) < 4.78 is 1.26. The van der Waals surface area contributed by atoms with Crippen LogP contribution in [0.25, 0.3) is 10.2 Å². The summed E-state index contributed by atoms with van der Waals surface area (Å²) in [6, 6.07) is 8.13. The first-order valence-electron chi connectivity index (χ1n) is 3.01. The Kier molecular flexibility index (Phi) is 3.35. The second-order valence-electron chi connectivity index (χ2n) is 1.82. The summed E-state index contributed by atoms with van der Waals surface area (Å²) in [5.74, 6) is 0. The van der Waals surface area contributed by atoms with Crippen molar-refractivity contribution in [2.45, 2.75) is 0 Å². The van der Waals surface area contributed by atoms with Gasteiger partial charge in [0.25, 0.3) is 0 Å². The first kappa shape index (κ1) is 8.52. The van der Waals surface area contributed by atoms with Crippen molar-refractivity contribution in [3.8, 4) is 0 Å². The summed E-state index contributed by atoms with van der Waals surface area (Å²) in [6.07, 6.45) is 0. The number of hydrogen-bond acceptors (Lipinski definition) is 4. The normalized spacial score (nSPS) is 8.91. The van der Waals surface area contributed by atoms with Gasteiger partial charge in [-0.05, 0) is 12.1 Å². The molecule has 4 heteroatoms. The van der Waals surface area contributed by atoms with E-state index in [1.807, 2.05) is 23.7 Å². The summed E-state index contributed by atoms with van der Waals surface area (Å²) in [4.78, 5) is 4.14. The van der Waals surface area contributed by atoms with Gasteiger partial charge in [0.15, 0.2) is 0 Å². The number of benzene rings is 1. The SMILES string of the molecule is NS.c1ccc2scnc2c1. The van der Waals surface area contributed by atoms with E-state index in [0.717, 1.165) is 5.52 Å². The van der Waals surface area contributed by atoms with Crippen molar-refractivity contribution < 1.29 is 0 Å². The molecule has 2 aromatic rings. The minimum Gasteiger partial charge on any atom is -0.281 e. The zero-order valence-corrected chi connectivity index (χ0v) is 7.48. The fraction of sp³-hybridized carbons (Fsp3) is 0. The molecule has 0 radical (unpaired) electrons. The lowest BCUT2D eigenvalue weighted by atomic mass is 10.3. The van der Waals surface area contributed by atoms with Crippen molar-refractivity contribution in [1.29, 1.82) is 0 Å². The van der Waals surface area contributed by atoms with E-state index in [-0.39, 0.29) is 0 Å². The average molecular weight is 184 g/mol. The number of thiol groups is 1. The van der Waals surface area contributed by atoms with Gasteiger partial charge >= 0.3 is 0 Å². The Balaban J connectivity index is 0.000000281. The summed E-state index contributed by atoms with van der Waals surface area (Å²) >= 11 is 4.70. The predicted molar refractivity (Wildman–Crippen MR) is 52.8 cm³/mol. The van der Waals surface area contributed by atoms with E-state index in [4.69, 9.17) is 0 Å². The summed E-state index contributed by atoms with van der Waals surface area (Å²) in [5.41, 5.74) is 2.97.